The Morgan fingerprint density at radius 2 is 2.31 bits per heavy atom. The summed E-state index contributed by atoms with van der Waals surface area (Å²) in [6, 6.07) is 4.78. The molecule has 0 atom stereocenters. The van der Waals surface area contributed by atoms with Crippen LogP contribution in [-0.4, -0.2) is 13.0 Å². The molecule has 0 fully saturated rings. The second-order valence-electron chi connectivity index (χ2n) is 2.36. The quantitative estimate of drug-likeness (QED) is 0.788. The monoisotopic (exact) mass is 198 g/mol. The number of ether oxygens (including phenoxy) is 1. The Morgan fingerprint density at radius 3 is 2.77 bits per heavy atom. The van der Waals surface area contributed by atoms with Gasteiger partial charge in [-0.1, -0.05) is 11.6 Å². The lowest BCUT2D eigenvalue weighted by atomic mass is 10.2. The van der Waals surface area contributed by atoms with Crippen LogP contribution in [0.2, 0.25) is 5.02 Å². The second-order valence-corrected chi connectivity index (χ2v) is 2.76. The summed E-state index contributed by atoms with van der Waals surface area (Å²) < 4.78 is 4.93. The molecule has 1 radical (unpaired) electrons. The Hall–Kier alpha value is -1.22. The molecule has 1 amide bonds. The lowest BCUT2D eigenvalue weighted by Crippen LogP contribution is -2.15. The molecule has 0 heterocycles. The van der Waals surface area contributed by atoms with Crippen LogP contribution in [-0.2, 0) is 0 Å². The molecule has 0 saturated heterocycles. The number of halogens is 1. The minimum absolute atomic E-state index is 0.274. The van der Waals surface area contributed by atoms with Crippen molar-refractivity contribution in [3.63, 3.8) is 0 Å². The highest BCUT2D eigenvalue weighted by atomic mass is 35.5. The molecule has 0 saturated carbocycles. The number of carbonyl (C=O) groups is 1. The molecule has 0 aromatic heterocycles. The zero-order chi connectivity index (χ0) is 9.84. The van der Waals surface area contributed by atoms with Crippen LogP contribution < -0.4 is 10.1 Å². The van der Waals surface area contributed by atoms with Crippen molar-refractivity contribution in [1.29, 1.82) is 0 Å². The number of methoxy groups -OCH3 is 1. The summed E-state index contributed by atoms with van der Waals surface area (Å²) >= 11 is 5.81. The topological polar surface area (TPSA) is 38.3 Å². The fourth-order valence-electron chi connectivity index (χ4n) is 0.910. The Balaban J connectivity index is 3.02. The molecule has 0 unspecified atom stereocenters. The minimum Gasteiger partial charge on any atom is -0.495 e. The third kappa shape index (κ3) is 2.12. The van der Waals surface area contributed by atoms with E-state index in [-0.39, 0.29) is 5.91 Å². The molecule has 0 bridgehead atoms. The summed E-state index contributed by atoms with van der Waals surface area (Å²) in [6.07, 6.45) is 0. The SMILES string of the molecule is [CH2]NC(=O)c1ccc(OC)c(Cl)c1. The van der Waals surface area contributed by atoms with E-state index in [1.807, 2.05) is 0 Å². The van der Waals surface area contributed by atoms with Crippen molar-refractivity contribution in [1.82, 2.24) is 5.32 Å². The molecular formula is C9H9ClNO2. The molecule has 1 N–H and O–H groups in total. The second kappa shape index (κ2) is 4.14. The number of benzene rings is 1. The smallest absolute Gasteiger partial charge is 0.251 e. The summed E-state index contributed by atoms with van der Waals surface area (Å²) in [7, 11) is 4.78. The van der Waals surface area contributed by atoms with Crippen molar-refractivity contribution in [2.24, 2.45) is 0 Å². The molecule has 1 aromatic rings. The van der Waals surface area contributed by atoms with Crippen LogP contribution in [0.5, 0.6) is 5.75 Å². The standard InChI is InChI=1S/C9H9ClNO2/c1-11-9(12)6-3-4-8(13-2)7(10)5-6/h3-5H,1H2,2H3,(H,11,12). The Kier molecular flexibility index (Phi) is 3.14. The minimum atomic E-state index is -0.274. The van der Waals surface area contributed by atoms with Gasteiger partial charge in [-0.3, -0.25) is 4.79 Å². The van der Waals surface area contributed by atoms with Crippen molar-refractivity contribution >= 4 is 17.5 Å². The fraction of sp³-hybridized carbons (Fsp3) is 0.111. The van der Waals surface area contributed by atoms with Gasteiger partial charge in [0, 0.05) is 12.6 Å². The van der Waals surface area contributed by atoms with E-state index >= 15 is 0 Å². The van der Waals surface area contributed by atoms with Gasteiger partial charge in [-0.25, -0.2) is 0 Å². The molecule has 1 rings (SSSR count). The van der Waals surface area contributed by atoms with Gasteiger partial charge < -0.3 is 10.1 Å². The Bertz CT molecular complexity index is 325. The summed E-state index contributed by atoms with van der Waals surface area (Å²) in [5.41, 5.74) is 0.459. The summed E-state index contributed by atoms with van der Waals surface area (Å²) in [6.45, 7) is 0. The maximum Gasteiger partial charge on any atom is 0.251 e. The van der Waals surface area contributed by atoms with E-state index in [1.54, 1.807) is 12.1 Å². The average Bonchev–Trinajstić information content (AvgIpc) is 2.16. The van der Waals surface area contributed by atoms with E-state index in [2.05, 4.69) is 12.4 Å². The van der Waals surface area contributed by atoms with E-state index in [1.165, 1.54) is 13.2 Å². The first kappa shape index (κ1) is 9.86. The van der Waals surface area contributed by atoms with Crippen LogP contribution in [0.15, 0.2) is 18.2 Å². The highest BCUT2D eigenvalue weighted by Crippen LogP contribution is 2.24. The molecule has 69 valence electrons. The van der Waals surface area contributed by atoms with Gasteiger partial charge in [-0.2, -0.15) is 0 Å². The van der Waals surface area contributed by atoms with E-state index < -0.39 is 0 Å². The molecule has 3 nitrogen and oxygen atoms in total. The number of rotatable bonds is 2. The number of carbonyl (C=O) groups excluding carboxylic acids is 1. The maximum atomic E-state index is 11.1. The fourth-order valence-corrected chi connectivity index (χ4v) is 1.17. The third-order valence-corrected chi connectivity index (χ3v) is 1.87. The van der Waals surface area contributed by atoms with Gasteiger partial charge in [-0.15, -0.1) is 0 Å². The first-order valence-electron chi connectivity index (χ1n) is 3.60. The number of hydrogen-bond acceptors (Lipinski definition) is 2. The van der Waals surface area contributed by atoms with E-state index in [0.29, 0.717) is 16.3 Å². The van der Waals surface area contributed by atoms with Gasteiger partial charge in [0.15, 0.2) is 0 Å². The number of amides is 1. The molecular weight excluding hydrogens is 190 g/mol. The van der Waals surface area contributed by atoms with Crippen molar-refractivity contribution in [3.8, 4) is 5.75 Å². The van der Waals surface area contributed by atoms with Crippen molar-refractivity contribution in [2.75, 3.05) is 7.11 Å². The first-order valence-corrected chi connectivity index (χ1v) is 3.98. The normalized spacial score (nSPS) is 9.46. The maximum absolute atomic E-state index is 11.1. The van der Waals surface area contributed by atoms with Crippen LogP contribution in [0.1, 0.15) is 10.4 Å². The van der Waals surface area contributed by atoms with Crippen molar-refractivity contribution < 1.29 is 9.53 Å². The highest BCUT2D eigenvalue weighted by Gasteiger charge is 2.06. The molecule has 1 aromatic carbocycles. The molecule has 4 heteroatoms. The van der Waals surface area contributed by atoms with Crippen LogP contribution in [0.3, 0.4) is 0 Å². The van der Waals surface area contributed by atoms with E-state index in [4.69, 9.17) is 16.3 Å². The zero-order valence-electron chi connectivity index (χ0n) is 7.13. The van der Waals surface area contributed by atoms with E-state index in [9.17, 15) is 4.79 Å². The van der Waals surface area contributed by atoms with Gasteiger partial charge in [0.2, 0.25) is 0 Å². The van der Waals surface area contributed by atoms with Crippen LogP contribution in [0.4, 0.5) is 0 Å². The van der Waals surface area contributed by atoms with Gasteiger partial charge in [0.1, 0.15) is 5.75 Å². The van der Waals surface area contributed by atoms with Crippen molar-refractivity contribution in [2.45, 2.75) is 0 Å². The molecule has 0 aliphatic rings. The molecule has 13 heavy (non-hydrogen) atoms. The number of nitrogens with one attached hydrogen (secondary N) is 1. The number of hydrogen-bond donors (Lipinski definition) is 1. The third-order valence-electron chi connectivity index (χ3n) is 1.57. The van der Waals surface area contributed by atoms with Gasteiger partial charge in [-0.05, 0) is 18.2 Å². The Labute approximate surface area is 81.7 Å². The predicted octanol–water partition coefficient (Wildman–Crippen LogP) is 1.87. The zero-order valence-corrected chi connectivity index (χ0v) is 7.89. The van der Waals surface area contributed by atoms with Gasteiger partial charge in [0.25, 0.3) is 5.91 Å². The van der Waals surface area contributed by atoms with Crippen LogP contribution in [0, 0.1) is 7.05 Å². The van der Waals surface area contributed by atoms with Crippen LogP contribution >= 0.6 is 11.6 Å². The predicted molar refractivity (Wildman–Crippen MR) is 50.8 cm³/mol. The average molecular weight is 199 g/mol. The Morgan fingerprint density at radius 1 is 1.62 bits per heavy atom. The van der Waals surface area contributed by atoms with Crippen molar-refractivity contribution in [3.05, 3.63) is 35.8 Å². The molecule has 0 aliphatic carbocycles. The lowest BCUT2D eigenvalue weighted by molar-refractivity contribution is 0.0969. The van der Waals surface area contributed by atoms with E-state index in [0.717, 1.165) is 0 Å². The van der Waals surface area contributed by atoms with Gasteiger partial charge in [0.05, 0.1) is 12.1 Å². The summed E-state index contributed by atoms with van der Waals surface area (Å²) in [5.74, 6) is 0.270. The highest BCUT2D eigenvalue weighted by molar-refractivity contribution is 6.32. The molecule has 0 aliphatic heterocycles. The largest absolute Gasteiger partial charge is 0.495 e. The van der Waals surface area contributed by atoms with Gasteiger partial charge >= 0.3 is 0 Å². The van der Waals surface area contributed by atoms with Crippen LogP contribution in [0.25, 0.3) is 0 Å². The first-order chi connectivity index (χ1) is 6.19. The summed E-state index contributed by atoms with van der Waals surface area (Å²) in [5, 5.41) is 2.66. The summed E-state index contributed by atoms with van der Waals surface area (Å²) in [4.78, 5) is 11.1. The lowest BCUT2D eigenvalue weighted by Gasteiger charge is -2.04. The molecule has 0 spiro atoms.